The van der Waals surface area contributed by atoms with Crippen LogP contribution in [0.3, 0.4) is 0 Å². The highest BCUT2D eigenvalue weighted by atomic mass is 32.1. The number of hydrogen-bond donors (Lipinski definition) is 2. The molecule has 9 heteroatoms. The van der Waals surface area contributed by atoms with Gasteiger partial charge in [0, 0.05) is 0 Å². The molecule has 0 aliphatic rings. The van der Waals surface area contributed by atoms with E-state index in [4.69, 9.17) is 12.2 Å². The fraction of sp³-hybridized carbons (Fsp3) is 0.105. The summed E-state index contributed by atoms with van der Waals surface area (Å²) in [6.45, 7) is 3.66. The molecule has 2 aromatic carbocycles. The molecule has 0 bridgehead atoms. The third-order valence-corrected chi connectivity index (χ3v) is 5.35. The maximum atomic E-state index is 12.7. The zero-order valence-corrected chi connectivity index (χ0v) is 16.6. The van der Waals surface area contributed by atoms with E-state index in [9.17, 15) is 9.59 Å². The van der Waals surface area contributed by atoms with Gasteiger partial charge in [-0.05, 0) is 55.9 Å². The molecule has 0 saturated heterocycles. The van der Waals surface area contributed by atoms with Crippen LogP contribution >= 0.6 is 23.6 Å². The number of thiazole rings is 1. The summed E-state index contributed by atoms with van der Waals surface area (Å²) in [6.07, 6.45) is 0. The van der Waals surface area contributed by atoms with Gasteiger partial charge >= 0.3 is 6.03 Å². The first-order valence-corrected chi connectivity index (χ1v) is 9.63. The molecule has 140 valence electrons. The third kappa shape index (κ3) is 3.37. The quantitative estimate of drug-likeness (QED) is 0.469. The zero-order valence-electron chi connectivity index (χ0n) is 15.0. The van der Waals surface area contributed by atoms with E-state index < -0.39 is 6.03 Å². The van der Waals surface area contributed by atoms with E-state index in [-0.39, 0.29) is 10.7 Å². The van der Waals surface area contributed by atoms with Crippen LogP contribution in [0.15, 0.2) is 47.3 Å². The number of hydrogen-bond acceptors (Lipinski definition) is 6. The first-order valence-electron chi connectivity index (χ1n) is 8.40. The van der Waals surface area contributed by atoms with Gasteiger partial charge in [0.1, 0.15) is 5.82 Å². The van der Waals surface area contributed by atoms with Crippen molar-refractivity contribution in [2.75, 3.05) is 5.32 Å². The van der Waals surface area contributed by atoms with Gasteiger partial charge in [0.25, 0.3) is 5.56 Å². The normalized spacial score (nSPS) is 10.9. The average molecular weight is 409 g/mol. The van der Waals surface area contributed by atoms with Gasteiger partial charge in [0.15, 0.2) is 10.2 Å². The van der Waals surface area contributed by atoms with Gasteiger partial charge in [-0.15, -0.1) is 0 Å². The highest BCUT2D eigenvalue weighted by Gasteiger charge is 2.15. The van der Waals surface area contributed by atoms with Crippen molar-refractivity contribution in [2.45, 2.75) is 13.8 Å². The van der Waals surface area contributed by atoms with Gasteiger partial charge in [0.05, 0.1) is 21.1 Å². The van der Waals surface area contributed by atoms with E-state index in [0.717, 1.165) is 15.8 Å². The molecular weight excluding hydrogens is 394 g/mol. The van der Waals surface area contributed by atoms with E-state index in [1.165, 1.54) is 15.9 Å². The number of aryl methyl sites for hydroxylation is 2. The molecule has 0 unspecified atom stereocenters. The number of benzene rings is 2. The molecule has 0 atom stereocenters. The summed E-state index contributed by atoms with van der Waals surface area (Å²) < 4.78 is 2.18. The molecule has 2 N–H and O–H groups in total. The number of thiocarbonyl (C=S) groups is 1. The van der Waals surface area contributed by atoms with Crippen molar-refractivity contribution in [3.63, 3.8) is 0 Å². The molecule has 2 amide bonds. The molecule has 4 rings (SSSR count). The Labute approximate surface area is 169 Å². The first-order chi connectivity index (χ1) is 13.4. The number of rotatable bonds is 1. The van der Waals surface area contributed by atoms with Crippen LogP contribution in [0.2, 0.25) is 0 Å². The number of amides is 2. The molecule has 7 nitrogen and oxygen atoms in total. The van der Waals surface area contributed by atoms with Crippen molar-refractivity contribution in [2.24, 2.45) is 0 Å². The van der Waals surface area contributed by atoms with Crippen LogP contribution in [-0.2, 0) is 0 Å². The Morgan fingerprint density at radius 2 is 1.89 bits per heavy atom. The number of carbonyl (C=O) groups is 1. The minimum atomic E-state index is -0.569. The summed E-state index contributed by atoms with van der Waals surface area (Å²) in [6, 6.07) is 12.3. The molecule has 2 aromatic heterocycles. The number of nitrogens with one attached hydrogen (secondary N) is 2. The van der Waals surface area contributed by atoms with Gasteiger partial charge < -0.3 is 0 Å². The van der Waals surface area contributed by atoms with Crippen molar-refractivity contribution >= 4 is 60.9 Å². The maximum Gasteiger partial charge on any atom is 0.327 e. The van der Waals surface area contributed by atoms with Gasteiger partial charge in [0.2, 0.25) is 0 Å². The van der Waals surface area contributed by atoms with Crippen molar-refractivity contribution in [3.05, 3.63) is 64.2 Å². The molecule has 28 heavy (non-hydrogen) atoms. The molecule has 0 radical (unpaired) electrons. The number of urea groups is 1. The summed E-state index contributed by atoms with van der Waals surface area (Å²) >= 11 is 6.63. The number of nitrogens with zero attached hydrogens (tertiary/aromatic N) is 3. The van der Waals surface area contributed by atoms with Gasteiger partial charge in [-0.2, -0.15) is 0 Å². The summed E-state index contributed by atoms with van der Waals surface area (Å²) in [5.74, 6) is 0.393. The molecule has 0 aliphatic carbocycles. The summed E-state index contributed by atoms with van der Waals surface area (Å²) in [5.41, 5.74) is 2.17. The van der Waals surface area contributed by atoms with Gasteiger partial charge in [-0.1, -0.05) is 29.5 Å². The minimum Gasteiger partial charge on any atom is -0.284 e. The fourth-order valence-electron chi connectivity index (χ4n) is 2.85. The van der Waals surface area contributed by atoms with Crippen LogP contribution in [0.5, 0.6) is 0 Å². The monoisotopic (exact) mass is 409 g/mol. The smallest absolute Gasteiger partial charge is 0.284 e. The molecule has 2 heterocycles. The largest absolute Gasteiger partial charge is 0.327 e. The summed E-state index contributed by atoms with van der Waals surface area (Å²) in [7, 11) is 0. The Kier molecular flexibility index (Phi) is 4.62. The van der Waals surface area contributed by atoms with Crippen molar-refractivity contribution in [3.8, 4) is 0 Å². The van der Waals surface area contributed by atoms with Crippen LogP contribution < -0.4 is 16.2 Å². The second kappa shape index (κ2) is 7.10. The van der Waals surface area contributed by atoms with E-state index in [2.05, 4.69) is 20.6 Å². The number of carbonyl (C=O) groups excluding carboxylic acids is 1. The first kappa shape index (κ1) is 18.2. The number of aromatic nitrogens is 3. The SMILES string of the molecule is Cc1ccc2nc(NC(=O)NC(=S)n3c(C)nc4ccccc4c3=O)sc2c1. The predicted octanol–water partition coefficient (Wildman–Crippen LogP) is 3.58. The van der Waals surface area contributed by atoms with E-state index in [1.54, 1.807) is 25.1 Å². The Balaban J connectivity index is 1.57. The molecule has 0 saturated carbocycles. The molecule has 4 aromatic rings. The number of para-hydroxylation sites is 1. The fourth-order valence-corrected chi connectivity index (χ4v) is 4.12. The highest BCUT2D eigenvalue weighted by Crippen LogP contribution is 2.26. The lowest BCUT2D eigenvalue weighted by Gasteiger charge is -2.12. The summed E-state index contributed by atoms with van der Waals surface area (Å²) in [5, 5.41) is 6.01. The van der Waals surface area contributed by atoms with E-state index in [0.29, 0.717) is 21.9 Å². The Hall–Kier alpha value is -3.17. The second-order valence-corrected chi connectivity index (χ2v) is 7.61. The Morgan fingerprint density at radius 1 is 1.11 bits per heavy atom. The predicted molar refractivity (Wildman–Crippen MR) is 115 cm³/mol. The third-order valence-electron chi connectivity index (χ3n) is 4.13. The Morgan fingerprint density at radius 3 is 2.71 bits per heavy atom. The molecule has 0 fully saturated rings. The zero-order chi connectivity index (χ0) is 19.8. The van der Waals surface area contributed by atoms with Crippen LogP contribution in [0.25, 0.3) is 21.1 Å². The lowest BCUT2D eigenvalue weighted by Crippen LogP contribution is -2.42. The molecule has 0 aliphatic heterocycles. The maximum absolute atomic E-state index is 12.7. The average Bonchev–Trinajstić information content (AvgIpc) is 3.02. The standard InChI is InChI=1S/C19H15N5O2S2/c1-10-7-8-14-15(9-10)28-18(21-14)22-17(26)23-19(27)24-11(2)20-13-6-4-3-5-12(13)16(24)25/h3-9H,1-2H3,(H2,21,22,23,26,27). The molecule has 0 spiro atoms. The van der Waals surface area contributed by atoms with E-state index in [1.807, 2.05) is 31.2 Å². The molecular formula is C19H15N5O2S2. The van der Waals surface area contributed by atoms with Crippen LogP contribution in [0.1, 0.15) is 11.4 Å². The van der Waals surface area contributed by atoms with E-state index >= 15 is 0 Å². The van der Waals surface area contributed by atoms with Gasteiger partial charge in [-0.25, -0.2) is 19.3 Å². The topological polar surface area (TPSA) is 88.9 Å². The Bertz CT molecular complexity index is 1310. The summed E-state index contributed by atoms with van der Waals surface area (Å²) in [4.78, 5) is 33.8. The lowest BCUT2D eigenvalue weighted by atomic mass is 10.2. The van der Waals surface area contributed by atoms with Crippen molar-refractivity contribution in [1.29, 1.82) is 0 Å². The minimum absolute atomic E-state index is 0.0461. The van der Waals surface area contributed by atoms with Crippen LogP contribution in [0.4, 0.5) is 9.93 Å². The highest BCUT2D eigenvalue weighted by molar-refractivity contribution is 7.80. The number of fused-ring (bicyclic) bond motifs is 2. The van der Waals surface area contributed by atoms with Crippen LogP contribution in [-0.4, -0.2) is 25.7 Å². The van der Waals surface area contributed by atoms with Gasteiger partial charge in [-0.3, -0.25) is 15.4 Å². The lowest BCUT2D eigenvalue weighted by molar-refractivity contribution is 0.256. The van der Waals surface area contributed by atoms with Crippen LogP contribution in [0, 0.1) is 13.8 Å². The van der Waals surface area contributed by atoms with Crippen molar-refractivity contribution < 1.29 is 4.79 Å². The number of anilines is 1. The second-order valence-electron chi connectivity index (χ2n) is 6.19. The van der Waals surface area contributed by atoms with Crippen molar-refractivity contribution in [1.82, 2.24) is 19.9 Å².